The van der Waals surface area contributed by atoms with Gasteiger partial charge < -0.3 is 10.0 Å². The van der Waals surface area contributed by atoms with Gasteiger partial charge in [-0.2, -0.15) is 0 Å². The standard InChI is InChI=1S/C16H21NO3/c1-11-5-6-13(9-12(11)2)14(18)17-8-4-7-16(3,10-17)15(19)20/h5-6,9H,4,7-8,10H2,1-3H3,(H,19,20). The van der Waals surface area contributed by atoms with E-state index in [4.69, 9.17) is 0 Å². The highest BCUT2D eigenvalue weighted by molar-refractivity contribution is 5.95. The van der Waals surface area contributed by atoms with Crippen molar-refractivity contribution >= 4 is 11.9 Å². The van der Waals surface area contributed by atoms with Crippen molar-refractivity contribution in [2.45, 2.75) is 33.6 Å². The smallest absolute Gasteiger partial charge is 0.311 e. The molecule has 0 aliphatic carbocycles. The van der Waals surface area contributed by atoms with Crippen molar-refractivity contribution < 1.29 is 14.7 Å². The lowest BCUT2D eigenvalue weighted by atomic mass is 9.82. The maximum Gasteiger partial charge on any atom is 0.311 e. The molecule has 1 heterocycles. The molecule has 1 N–H and O–H groups in total. The third-order valence-corrected chi connectivity index (χ3v) is 4.25. The van der Waals surface area contributed by atoms with Gasteiger partial charge in [0, 0.05) is 18.7 Å². The number of piperidine rings is 1. The van der Waals surface area contributed by atoms with Gasteiger partial charge in [0.05, 0.1) is 5.41 Å². The van der Waals surface area contributed by atoms with E-state index in [-0.39, 0.29) is 12.5 Å². The Hall–Kier alpha value is -1.84. The Bertz CT molecular complexity index is 553. The molecule has 108 valence electrons. The lowest BCUT2D eigenvalue weighted by Crippen LogP contribution is -2.48. The van der Waals surface area contributed by atoms with Gasteiger partial charge >= 0.3 is 5.97 Å². The van der Waals surface area contributed by atoms with Gasteiger partial charge in [-0.15, -0.1) is 0 Å². The summed E-state index contributed by atoms with van der Waals surface area (Å²) in [5.74, 6) is -0.893. The highest BCUT2D eigenvalue weighted by Gasteiger charge is 2.39. The Labute approximate surface area is 119 Å². The molecule has 1 aliphatic heterocycles. The van der Waals surface area contributed by atoms with Crippen molar-refractivity contribution in [3.8, 4) is 0 Å². The van der Waals surface area contributed by atoms with Crippen LogP contribution in [0.15, 0.2) is 18.2 Å². The number of carboxylic acids is 1. The Morgan fingerprint density at radius 3 is 2.55 bits per heavy atom. The van der Waals surface area contributed by atoms with Gasteiger partial charge in [-0.25, -0.2) is 0 Å². The first-order valence-corrected chi connectivity index (χ1v) is 6.93. The Morgan fingerprint density at radius 2 is 1.95 bits per heavy atom. The molecule has 4 nitrogen and oxygen atoms in total. The molecule has 20 heavy (non-hydrogen) atoms. The minimum Gasteiger partial charge on any atom is -0.481 e. The van der Waals surface area contributed by atoms with Crippen molar-refractivity contribution in [1.82, 2.24) is 4.90 Å². The molecule has 1 fully saturated rings. The van der Waals surface area contributed by atoms with Crippen LogP contribution in [0.5, 0.6) is 0 Å². The first kappa shape index (κ1) is 14.6. The number of aryl methyl sites for hydroxylation is 2. The number of carboxylic acid groups (broad SMARTS) is 1. The maximum atomic E-state index is 12.5. The zero-order valence-electron chi connectivity index (χ0n) is 12.3. The lowest BCUT2D eigenvalue weighted by molar-refractivity contribution is -0.150. The molecule has 4 heteroatoms. The highest BCUT2D eigenvalue weighted by atomic mass is 16.4. The molecule has 1 atom stereocenters. The molecule has 1 unspecified atom stereocenters. The van der Waals surface area contributed by atoms with E-state index < -0.39 is 11.4 Å². The monoisotopic (exact) mass is 275 g/mol. The van der Waals surface area contributed by atoms with Crippen molar-refractivity contribution in [3.63, 3.8) is 0 Å². The average Bonchev–Trinajstić information content (AvgIpc) is 2.41. The fourth-order valence-corrected chi connectivity index (χ4v) is 2.64. The largest absolute Gasteiger partial charge is 0.481 e. The number of nitrogens with zero attached hydrogens (tertiary/aromatic N) is 1. The topological polar surface area (TPSA) is 57.6 Å². The van der Waals surface area contributed by atoms with Crippen molar-refractivity contribution in [2.24, 2.45) is 5.41 Å². The minimum absolute atomic E-state index is 0.0692. The second-order valence-corrected chi connectivity index (χ2v) is 6.00. The van der Waals surface area contributed by atoms with Gasteiger partial charge in [0.15, 0.2) is 0 Å². The molecule has 1 saturated heterocycles. The summed E-state index contributed by atoms with van der Waals surface area (Å²) in [6.45, 7) is 6.62. The molecule has 0 aromatic heterocycles. The molecular weight excluding hydrogens is 254 g/mol. The molecule has 0 spiro atoms. The Morgan fingerprint density at radius 1 is 1.25 bits per heavy atom. The number of carbonyl (C=O) groups excluding carboxylic acids is 1. The van der Waals surface area contributed by atoms with E-state index in [0.29, 0.717) is 18.5 Å². The van der Waals surface area contributed by atoms with Crippen LogP contribution in [0.25, 0.3) is 0 Å². The van der Waals surface area contributed by atoms with E-state index in [0.717, 1.165) is 17.5 Å². The summed E-state index contributed by atoms with van der Waals surface area (Å²) in [7, 11) is 0. The van der Waals surface area contributed by atoms with Gasteiger partial charge in [-0.05, 0) is 56.9 Å². The summed E-state index contributed by atoms with van der Waals surface area (Å²) >= 11 is 0. The van der Waals surface area contributed by atoms with Gasteiger partial charge in [-0.1, -0.05) is 6.07 Å². The van der Waals surface area contributed by atoms with Gasteiger partial charge in [-0.3, -0.25) is 9.59 Å². The average molecular weight is 275 g/mol. The number of carbonyl (C=O) groups is 2. The van der Waals surface area contributed by atoms with Crippen LogP contribution in [0.4, 0.5) is 0 Å². The molecule has 0 radical (unpaired) electrons. The zero-order chi connectivity index (χ0) is 14.9. The third-order valence-electron chi connectivity index (χ3n) is 4.25. The summed E-state index contributed by atoms with van der Waals surface area (Å²) in [6.07, 6.45) is 1.36. The summed E-state index contributed by atoms with van der Waals surface area (Å²) in [4.78, 5) is 25.5. The molecule has 1 amide bonds. The van der Waals surface area contributed by atoms with Crippen LogP contribution < -0.4 is 0 Å². The number of amides is 1. The molecular formula is C16H21NO3. The number of benzene rings is 1. The predicted octanol–water partition coefficient (Wildman–Crippen LogP) is 2.63. The number of aliphatic carboxylic acids is 1. The molecule has 0 bridgehead atoms. The molecule has 2 rings (SSSR count). The Balaban J connectivity index is 2.20. The predicted molar refractivity (Wildman–Crippen MR) is 76.8 cm³/mol. The van der Waals surface area contributed by atoms with E-state index in [1.165, 1.54) is 0 Å². The molecule has 1 aromatic rings. The van der Waals surface area contributed by atoms with Crippen LogP contribution in [-0.2, 0) is 4.79 Å². The van der Waals surface area contributed by atoms with E-state index in [1.54, 1.807) is 11.8 Å². The Kier molecular flexibility index (Phi) is 3.84. The minimum atomic E-state index is -0.826. The SMILES string of the molecule is Cc1ccc(C(=O)N2CCCC(C)(C(=O)O)C2)cc1C. The number of hydrogen-bond acceptors (Lipinski definition) is 2. The van der Waals surface area contributed by atoms with Gasteiger partial charge in [0.25, 0.3) is 5.91 Å². The summed E-state index contributed by atoms with van der Waals surface area (Å²) in [6, 6.07) is 5.63. The fourth-order valence-electron chi connectivity index (χ4n) is 2.64. The van der Waals surface area contributed by atoms with Crippen LogP contribution in [0.1, 0.15) is 41.3 Å². The quantitative estimate of drug-likeness (QED) is 0.902. The van der Waals surface area contributed by atoms with Crippen molar-refractivity contribution in [3.05, 3.63) is 34.9 Å². The van der Waals surface area contributed by atoms with E-state index in [2.05, 4.69) is 0 Å². The molecule has 1 aliphatic rings. The number of likely N-dealkylation sites (tertiary alicyclic amines) is 1. The molecule has 1 aromatic carbocycles. The summed E-state index contributed by atoms with van der Waals surface area (Å²) in [5, 5.41) is 9.31. The van der Waals surface area contributed by atoms with Crippen LogP contribution in [-0.4, -0.2) is 35.0 Å². The van der Waals surface area contributed by atoms with Crippen LogP contribution in [0.3, 0.4) is 0 Å². The van der Waals surface area contributed by atoms with Crippen LogP contribution in [0.2, 0.25) is 0 Å². The first-order chi connectivity index (χ1) is 9.33. The second kappa shape index (κ2) is 5.27. The normalized spacial score (nSPS) is 22.6. The van der Waals surface area contributed by atoms with E-state index in [1.807, 2.05) is 32.0 Å². The van der Waals surface area contributed by atoms with Crippen molar-refractivity contribution in [1.29, 1.82) is 0 Å². The fraction of sp³-hybridized carbons (Fsp3) is 0.500. The van der Waals surface area contributed by atoms with Gasteiger partial charge in [0.2, 0.25) is 0 Å². The lowest BCUT2D eigenvalue weighted by Gasteiger charge is -2.37. The van der Waals surface area contributed by atoms with E-state index >= 15 is 0 Å². The second-order valence-electron chi connectivity index (χ2n) is 6.00. The molecule has 0 saturated carbocycles. The van der Waals surface area contributed by atoms with E-state index in [9.17, 15) is 14.7 Å². The van der Waals surface area contributed by atoms with Crippen molar-refractivity contribution in [2.75, 3.05) is 13.1 Å². The maximum absolute atomic E-state index is 12.5. The summed E-state index contributed by atoms with van der Waals surface area (Å²) in [5.41, 5.74) is 2.04. The number of hydrogen-bond donors (Lipinski definition) is 1. The summed E-state index contributed by atoms with van der Waals surface area (Å²) < 4.78 is 0. The van der Waals surface area contributed by atoms with Crippen LogP contribution >= 0.6 is 0 Å². The highest BCUT2D eigenvalue weighted by Crippen LogP contribution is 2.30. The third kappa shape index (κ3) is 2.69. The first-order valence-electron chi connectivity index (χ1n) is 6.93. The number of rotatable bonds is 2. The van der Waals surface area contributed by atoms with Gasteiger partial charge in [0.1, 0.15) is 0 Å². The van der Waals surface area contributed by atoms with Crippen LogP contribution in [0, 0.1) is 19.3 Å². The zero-order valence-corrected chi connectivity index (χ0v) is 12.3.